The lowest BCUT2D eigenvalue weighted by Gasteiger charge is -2.30. The SMILES string of the molecule is CC(C)CC(NC(=O)OC(C)(C)C)C(=O)NC1C(C)CCN(Cc2ccccc2)CC1O. The minimum absolute atomic E-state index is 0.107. The number of rotatable bonds is 7. The van der Waals surface area contributed by atoms with Gasteiger partial charge in [0.15, 0.2) is 0 Å². The van der Waals surface area contributed by atoms with Gasteiger partial charge in [-0.1, -0.05) is 51.1 Å². The van der Waals surface area contributed by atoms with Crippen molar-refractivity contribution in [1.82, 2.24) is 15.5 Å². The van der Waals surface area contributed by atoms with Gasteiger partial charge in [0, 0.05) is 13.1 Å². The maximum absolute atomic E-state index is 13.1. The smallest absolute Gasteiger partial charge is 0.408 e. The van der Waals surface area contributed by atoms with Gasteiger partial charge in [-0.25, -0.2) is 4.79 Å². The molecular formula is C25H41N3O4. The highest BCUT2D eigenvalue weighted by Gasteiger charge is 2.34. The van der Waals surface area contributed by atoms with E-state index >= 15 is 0 Å². The number of likely N-dealkylation sites (tertiary alicyclic amines) is 1. The second kappa shape index (κ2) is 11.7. The van der Waals surface area contributed by atoms with Gasteiger partial charge in [0.2, 0.25) is 5.91 Å². The Labute approximate surface area is 192 Å². The highest BCUT2D eigenvalue weighted by molar-refractivity contribution is 5.86. The number of carbonyl (C=O) groups is 2. The van der Waals surface area contributed by atoms with E-state index in [-0.39, 0.29) is 23.8 Å². The lowest BCUT2D eigenvalue weighted by molar-refractivity contribution is -0.125. The fourth-order valence-corrected chi connectivity index (χ4v) is 4.06. The standard InChI is InChI=1S/C25H41N3O4/c1-17(2)14-20(26-24(31)32-25(4,5)6)23(30)27-22-18(3)12-13-28(16-21(22)29)15-19-10-8-7-9-11-19/h7-11,17-18,20-22,29H,12-16H2,1-6H3,(H,26,31)(H,27,30). The number of carbonyl (C=O) groups excluding carboxylic acids is 2. The molecule has 2 amide bonds. The maximum Gasteiger partial charge on any atom is 0.408 e. The van der Waals surface area contributed by atoms with Crippen molar-refractivity contribution < 1.29 is 19.4 Å². The molecule has 3 N–H and O–H groups in total. The summed E-state index contributed by atoms with van der Waals surface area (Å²) in [6.07, 6.45) is 0.0502. The van der Waals surface area contributed by atoms with Crippen LogP contribution in [0.15, 0.2) is 30.3 Å². The number of hydrogen-bond acceptors (Lipinski definition) is 5. The summed E-state index contributed by atoms with van der Waals surface area (Å²) in [6.45, 7) is 13.5. The number of aliphatic hydroxyl groups is 1. The molecule has 7 nitrogen and oxygen atoms in total. The van der Waals surface area contributed by atoms with Crippen LogP contribution >= 0.6 is 0 Å². The van der Waals surface area contributed by atoms with Crippen molar-refractivity contribution in [1.29, 1.82) is 0 Å². The zero-order valence-corrected chi connectivity index (χ0v) is 20.4. The molecule has 1 aliphatic rings. The summed E-state index contributed by atoms with van der Waals surface area (Å²) in [5.74, 6) is 0.0337. The third-order valence-corrected chi connectivity index (χ3v) is 5.65. The lowest BCUT2D eigenvalue weighted by Crippen LogP contribution is -2.55. The van der Waals surface area contributed by atoms with Crippen LogP contribution in [0, 0.1) is 11.8 Å². The Morgan fingerprint density at radius 1 is 1.22 bits per heavy atom. The number of nitrogens with zero attached hydrogens (tertiary/aromatic N) is 1. The third kappa shape index (κ3) is 8.79. The number of β-amino-alcohol motifs (C(OH)–C–C–N with tert-alkyl or cyclic N) is 1. The molecule has 4 unspecified atom stereocenters. The van der Waals surface area contributed by atoms with Crippen LogP contribution in [-0.2, 0) is 16.1 Å². The molecule has 1 saturated heterocycles. The average Bonchev–Trinajstić information content (AvgIpc) is 2.80. The van der Waals surface area contributed by atoms with E-state index in [2.05, 4.69) is 34.6 Å². The molecule has 180 valence electrons. The number of nitrogens with one attached hydrogen (secondary N) is 2. The third-order valence-electron chi connectivity index (χ3n) is 5.65. The molecule has 7 heteroatoms. The molecule has 1 fully saturated rings. The molecule has 0 radical (unpaired) electrons. The Morgan fingerprint density at radius 3 is 2.47 bits per heavy atom. The molecule has 1 aliphatic heterocycles. The predicted molar refractivity (Wildman–Crippen MR) is 126 cm³/mol. The second-order valence-electron chi connectivity index (χ2n) is 10.4. The molecule has 1 aromatic carbocycles. The zero-order valence-electron chi connectivity index (χ0n) is 20.4. The summed E-state index contributed by atoms with van der Waals surface area (Å²) in [6, 6.07) is 9.10. The highest BCUT2D eigenvalue weighted by atomic mass is 16.6. The maximum atomic E-state index is 13.1. The molecule has 0 aliphatic carbocycles. The van der Waals surface area contributed by atoms with Crippen LogP contribution in [0.5, 0.6) is 0 Å². The first kappa shape index (κ1) is 26.1. The van der Waals surface area contributed by atoms with Gasteiger partial charge in [-0.05, 0) is 57.6 Å². The Hall–Kier alpha value is -2.12. The average molecular weight is 448 g/mol. The Balaban J connectivity index is 2.03. The van der Waals surface area contributed by atoms with Gasteiger partial charge in [0.05, 0.1) is 12.1 Å². The van der Waals surface area contributed by atoms with Gasteiger partial charge in [0.25, 0.3) is 0 Å². The van der Waals surface area contributed by atoms with E-state index in [4.69, 9.17) is 4.74 Å². The van der Waals surface area contributed by atoms with E-state index < -0.39 is 23.8 Å². The van der Waals surface area contributed by atoms with Gasteiger partial charge in [-0.15, -0.1) is 0 Å². The summed E-state index contributed by atoms with van der Waals surface area (Å²) in [7, 11) is 0. The Kier molecular flexibility index (Phi) is 9.52. The molecule has 0 spiro atoms. The van der Waals surface area contributed by atoms with Crippen LogP contribution in [0.25, 0.3) is 0 Å². The van der Waals surface area contributed by atoms with E-state index in [1.807, 2.05) is 32.0 Å². The summed E-state index contributed by atoms with van der Waals surface area (Å²) in [4.78, 5) is 27.6. The van der Waals surface area contributed by atoms with E-state index in [1.54, 1.807) is 20.8 Å². The van der Waals surface area contributed by atoms with Crippen LogP contribution in [0.4, 0.5) is 4.79 Å². The molecule has 4 atom stereocenters. The monoisotopic (exact) mass is 447 g/mol. The molecule has 0 aromatic heterocycles. The van der Waals surface area contributed by atoms with E-state index in [0.29, 0.717) is 13.0 Å². The van der Waals surface area contributed by atoms with Crippen LogP contribution < -0.4 is 10.6 Å². The van der Waals surface area contributed by atoms with Crippen LogP contribution in [0.3, 0.4) is 0 Å². The largest absolute Gasteiger partial charge is 0.444 e. The number of hydrogen-bond donors (Lipinski definition) is 3. The number of amides is 2. The summed E-state index contributed by atoms with van der Waals surface area (Å²) < 4.78 is 5.34. The molecule has 0 bridgehead atoms. The predicted octanol–water partition coefficient (Wildman–Crippen LogP) is 3.31. The topological polar surface area (TPSA) is 90.9 Å². The van der Waals surface area contributed by atoms with Gasteiger partial charge in [0.1, 0.15) is 11.6 Å². The first-order chi connectivity index (χ1) is 14.9. The first-order valence-electron chi connectivity index (χ1n) is 11.7. The Bertz CT molecular complexity index is 732. The van der Waals surface area contributed by atoms with Gasteiger partial charge >= 0.3 is 6.09 Å². The molecule has 0 saturated carbocycles. The summed E-state index contributed by atoms with van der Waals surface area (Å²) >= 11 is 0. The second-order valence-corrected chi connectivity index (χ2v) is 10.4. The van der Waals surface area contributed by atoms with Crippen LogP contribution in [-0.4, -0.2) is 58.9 Å². The minimum Gasteiger partial charge on any atom is -0.444 e. The van der Waals surface area contributed by atoms with Crippen LogP contribution in [0.1, 0.15) is 59.9 Å². The van der Waals surface area contributed by atoms with Gasteiger partial charge in [-0.2, -0.15) is 0 Å². The van der Waals surface area contributed by atoms with Crippen molar-refractivity contribution in [3.63, 3.8) is 0 Å². The fraction of sp³-hybridized carbons (Fsp3) is 0.680. The number of ether oxygens (including phenoxy) is 1. The van der Waals surface area contributed by atoms with Crippen molar-refractivity contribution in [2.45, 2.75) is 84.7 Å². The van der Waals surface area contributed by atoms with Crippen molar-refractivity contribution in [2.24, 2.45) is 11.8 Å². The molecule has 1 heterocycles. The van der Waals surface area contributed by atoms with E-state index in [9.17, 15) is 14.7 Å². The molecule has 1 aromatic rings. The Morgan fingerprint density at radius 2 is 1.88 bits per heavy atom. The zero-order chi connectivity index (χ0) is 23.9. The summed E-state index contributed by atoms with van der Waals surface area (Å²) in [5.41, 5.74) is 0.561. The van der Waals surface area contributed by atoms with Crippen LogP contribution in [0.2, 0.25) is 0 Å². The van der Waals surface area contributed by atoms with E-state index in [1.165, 1.54) is 5.56 Å². The normalized spacial score (nSPS) is 23.3. The number of alkyl carbamates (subject to hydrolysis) is 1. The van der Waals surface area contributed by atoms with Gasteiger partial charge < -0.3 is 20.5 Å². The number of aliphatic hydroxyl groups excluding tert-OH is 1. The van der Waals surface area contributed by atoms with Crippen molar-refractivity contribution in [3.8, 4) is 0 Å². The van der Waals surface area contributed by atoms with Crippen molar-refractivity contribution in [2.75, 3.05) is 13.1 Å². The fourth-order valence-electron chi connectivity index (χ4n) is 4.06. The first-order valence-corrected chi connectivity index (χ1v) is 11.7. The quantitative estimate of drug-likeness (QED) is 0.597. The lowest BCUT2D eigenvalue weighted by atomic mass is 9.94. The molecule has 2 rings (SSSR count). The molecule has 32 heavy (non-hydrogen) atoms. The van der Waals surface area contributed by atoms with Crippen molar-refractivity contribution in [3.05, 3.63) is 35.9 Å². The van der Waals surface area contributed by atoms with Gasteiger partial charge in [-0.3, -0.25) is 9.69 Å². The van der Waals surface area contributed by atoms with E-state index in [0.717, 1.165) is 19.5 Å². The van der Waals surface area contributed by atoms with Crippen molar-refractivity contribution >= 4 is 12.0 Å². The molecular weight excluding hydrogens is 406 g/mol. The summed E-state index contributed by atoms with van der Waals surface area (Å²) in [5, 5.41) is 16.7. The number of benzene rings is 1. The minimum atomic E-state index is -0.715. The highest BCUT2D eigenvalue weighted by Crippen LogP contribution is 2.21.